The molecule has 140 valence electrons. The van der Waals surface area contributed by atoms with E-state index in [4.69, 9.17) is 14.2 Å². The molecule has 1 aromatic heterocycles. The minimum Gasteiger partial charge on any atom is -0.464 e. The number of hydrogen-bond donors (Lipinski definition) is 3. The van der Waals surface area contributed by atoms with Crippen LogP contribution in [0.15, 0.2) is 60.8 Å². The van der Waals surface area contributed by atoms with Gasteiger partial charge in [0.25, 0.3) is 0 Å². The van der Waals surface area contributed by atoms with E-state index in [1.165, 1.54) is 5.32 Å². The van der Waals surface area contributed by atoms with Gasteiger partial charge < -0.3 is 19.5 Å². The van der Waals surface area contributed by atoms with Crippen molar-refractivity contribution in [3.05, 3.63) is 66.4 Å². The number of para-hydroxylation sites is 2. The molecule has 4 N–H and O–H groups in total. The highest BCUT2D eigenvalue weighted by Crippen LogP contribution is 2.37. The molecule has 2 aromatic carbocycles. The van der Waals surface area contributed by atoms with Gasteiger partial charge in [0.15, 0.2) is 17.7 Å². The summed E-state index contributed by atoms with van der Waals surface area (Å²) < 4.78 is 16.5. The van der Waals surface area contributed by atoms with E-state index in [1.807, 2.05) is 36.4 Å². The summed E-state index contributed by atoms with van der Waals surface area (Å²) in [7, 11) is 0. The number of rotatable bonds is 3. The number of pyridine rings is 1. The van der Waals surface area contributed by atoms with Crippen molar-refractivity contribution in [2.75, 3.05) is 17.4 Å². The molecule has 0 aliphatic carbocycles. The second-order valence-corrected chi connectivity index (χ2v) is 6.35. The number of nitrogens with one attached hydrogen (secondary N) is 2. The van der Waals surface area contributed by atoms with Crippen molar-refractivity contribution in [1.29, 1.82) is 0 Å². The van der Waals surface area contributed by atoms with E-state index in [0.29, 0.717) is 23.0 Å². The number of ether oxygens (including phenoxy) is 3. The quantitative estimate of drug-likeness (QED) is 0.649. The number of carbonyl (C=O) groups excluding carboxylic acids is 1. The van der Waals surface area contributed by atoms with Crippen LogP contribution in [0.3, 0.4) is 0 Å². The van der Waals surface area contributed by atoms with Gasteiger partial charge in [0.1, 0.15) is 5.75 Å². The largest absolute Gasteiger partial charge is 0.464 e. The van der Waals surface area contributed by atoms with Gasteiger partial charge in [0, 0.05) is 23.9 Å². The molecule has 0 fully saturated rings. The zero-order valence-electron chi connectivity index (χ0n) is 14.7. The third-order valence-electron chi connectivity index (χ3n) is 4.45. The third-order valence-corrected chi connectivity index (χ3v) is 4.45. The fraction of sp³-hybridized carbons (Fsp3) is 0.100. The van der Waals surface area contributed by atoms with Gasteiger partial charge in [0.2, 0.25) is 12.6 Å². The van der Waals surface area contributed by atoms with Crippen molar-refractivity contribution >= 4 is 23.2 Å². The Kier molecular flexibility index (Phi) is 3.95. The maximum absolute atomic E-state index is 12.4. The van der Waals surface area contributed by atoms with Gasteiger partial charge in [0.05, 0.1) is 11.4 Å². The predicted octanol–water partition coefficient (Wildman–Crippen LogP) is 2.74. The van der Waals surface area contributed by atoms with E-state index in [9.17, 15) is 4.79 Å². The number of nitrogens with two attached hydrogens (primary N) is 1. The minimum absolute atomic E-state index is 0.191. The number of amides is 2. The Morgan fingerprint density at radius 2 is 1.96 bits per heavy atom. The van der Waals surface area contributed by atoms with Crippen LogP contribution in [0.1, 0.15) is 11.8 Å². The average molecular weight is 377 g/mol. The number of urea groups is 1. The number of fused-ring (bicyclic) bond motifs is 2. The number of benzene rings is 2. The van der Waals surface area contributed by atoms with Crippen molar-refractivity contribution in [3.8, 4) is 17.2 Å². The molecule has 1 atom stereocenters. The fourth-order valence-electron chi connectivity index (χ4n) is 3.13. The van der Waals surface area contributed by atoms with Crippen molar-refractivity contribution in [3.63, 3.8) is 0 Å². The zero-order chi connectivity index (χ0) is 18.9. The number of carbonyl (C=O) groups is 1. The minimum atomic E-state index is -0.315. The van der Waals surface area contributed by atoms with Crippen molar-refractivity contribution in [2.24, 2.45) is 0 Å². The lowest BCUT2D eigenvalue weighted by molar-refractivity contribution is -0.463. The monoisotopic (exact) mass is 377 g/mol. The van der Waals surface area contributed by atoms with Crippen LogP contribution in [0, 0.1) is 0 Å². The molecule has 8 heteroatoms. The summed E-state index contributed by atoms with van der Waals surface area (Å²) in [4.78, 5) is 16.6. The summed E-state index contributed by atoms with van der Waals surface area (Å²) in [6.45, 7) is 0.191. The van der Waals surface area contributed by atoms with Gasteiger partial charge in [-0.3, -0.25) is 5.32 Å². The third kappa shape index (κ3) is 3.17. The van der Waals surface area contributed by atoms with Gasteiger partial charge in [-0.25, -0.2) is 15.1 Å². The van der Waals surface area contributed by atoms with Crippen LogP contribution in [-0.2, 0) is 0 Å². The number of quaternary nitrogens is 1. The Labute approximate surface area is 160 Å². The molecule has 2 amide bonds. The molecule has 28 heavy (non-hydrogen) atoms. The van der Waals surface area contributed by atoms with E-state index in [1.54, 1.807) is 24.4 Å². The first-order valence-electron chi connectivity index (χ1n) is 8.78. The number of anilines is 2. The first kappa shape index (κ1) is 16.4. The Morgan fingerprint density at radius 3 is 2.89 bits per heavy atom. The molecule has 3 aromatic rings. The molecule has 0 saturated carbocycles. The highest BCUT2D eigenvalue weighted by Gasteiger charge is 2.24. The number of hydrogen-bond acceptors (Lipinski definition) is 6. The summed E-state index contributed by atoms with van der Waals surface area (Å²) in [6.07, 6.45) is 1.34. The second kappa shape index (κ2) is 6.75. The Morgan fingerprint density at radius 1 is 1.07 bits per heavy atom. The van der Waals surface area contributed by atoms with Crippen LogP contribution < -0.4 is 30.2 Å². The molecule has 1 unspecified atom stereocenters. The molecule has 0 saturated heterocycles. The van der Waals surface area contributed by atoms with Crippen LogP contribution in [0.25, 0.3) is 0 Å². The SMILES string of the molecule is O=C(Nc1ccc2c(c1)OCO2)[NH2+]c1cc(C2Nc3ccccc3O2)ccn1. The van der Waals surface area contributed by atoms with Crippen LogP contribution in [0.2, 0.25) is 0 Å². The summed E-state index contributed by atoms with van der Waals surface area (Å²) in [5.41, 5.74) is 2.45. The number of nitrogens with zero attached hydrogens (tertiary/aromatic N) is 1. The molecular weight excluding hydrogens is 360 g/mol. The van der Waals surface area contributed by atoms with Crippen LogP contribution in [-0.4, -0.2) is 17.8 Å². The maximum atomic E-state index is 12.4. The van der Waals surface area contributed by atoms with Gasteiger partial charge in [-0.05, 0) is 30.3 Å². The molecule has 0 bridgehead atoms. The summed E-state index contributed by atoms with van der Waals surface area (Å²) >= 11 is 0. The summed E-state index contributed by atoms with van der Waals surface area (Å²) in [5, 5.41) is 7.55. The van der Waals surface area contributed by atoms with Gasteiger partial charge in [-0.2, -0.15) is 0 Å². The van der Waals surface area contributed by atoms with E-state index in [-0.39, 0.29) is 19.1 Å². The Hall–Kier alpha value is -3.78. The van der Waals surface area contributed by atoms with E-state index in [2.05, 4.69) is 15.6 Å². The normalized spacial score (nSPS) is 16.1. The smallest absolute Gasteiger partial charge is 0.424 e. The molecule has 8 nitrogen and oxygen atoms in total. The van der Waals surface area contributed by atoms with E-state index >= 15 is 0 Å². The first-order valence-corrected chi connectivity index (χ1v) is 8.78. The maximum Gasteiger partial charge on any atom is 0.424 e. The second-order valence-electron chi connectivity index (χ2n) is 6.35. The lowest BCUT2D eigenvalue weighted by Crippen LogP contribution is -2.84. The molecule has 2 aliphatic rings. The molecule has 3 heterocycles. The van der Waals surface area contributed by atoms with Crippen molar-refractivity contribution < 1.29 is 24.3 Å². The standard InChI is InChI=1S/C20H16N4O4/c25-20(22-13-5-6-16-17(10-13)27-11-26-16)24-18-9-12(7-8-21-18)19-23-14-3-1-2-4-15(14)28-19/h1-10,19,23H,11H2,(H2,21,22,24,25)/p+1. The van der Waals surface area contributed by atoms with Gasteiger partial charge >= 0.3 is 6.03 Å². The fourth-order valence-corrected chi connectivity index (χ4v) is 3.13. The van der Waals surface area contributed by atoms with Gasteiger partial charge in [-0.1, -0.05) is 12.1 Å². The van der Waals surface area contributed by atoms with Gasteiger partial charge in [-0.15, -0.1) is 0 Å². The predicted molar refractivity (Wildman–Crippen MR) is 101 cm³/mol. The Bertz CT molecular complexity index is 1030. The number of aromatic nitrogens is 1. The Balaban J connectivity index is 1.26. The number of primary amides is 1. The zero-order valence-corrected chi connectivity index (χ0v) is 14.7. The van der Waals surface area contributed by atoms with Crippen LogP contribution in [0.4, 0.5) is 22.0 Å². The van der Waals surface area contributed by atoms with Crippen molar-refractivity contribution in [1.82, 2.24) is 4.98 Å². The van der Waals surface area contributed by atoms with Crippen molar-refractivity contribution in [2.45, 2.75) is 6.23 Å². The molecule has 5 rings (SSSR count). The highest BCUT2D eigenvalue weighted by atomic mass is 16.7. The first-order chi connectivity index (χ1) is 13.7. The molecular formula is C20H17N4O4+. The molecule has 0 spiro atoms. The summed E-state index contributed by atoms with van der Waals surface area (Å²) in [5.74, 6) is 2.62. The van der Waals surface area contributed by atoms with Crippen LogP contribution >= 0.6 is 0 Å². The van der Waals surface area contributed by atoms with E-state index < -0.39 is 0 Å². The van der Waals surface area contributed by atoms with Crippen LogP contribution in [0.5, 0.6) is 17.2 Å². The lowest BCUT2D eigenvalue weighted by Gasteiger charge is -2.11. The summed E-state index contributed by atoms with van der Waals surface area (Å²) in [6, 6.07) is 16.4. The van der Waals surface area contributed by atoms with E-state index in [0.717, 1.165) is 17.0 Å². The molecule has 0 radical (unpaired) electrons. The lowest BCUT2D eigenvalue weighted by atomic mass is 10.2. The average Bonchev–Trinajstić information content (AvgIpc) is 3.34. The topological polar surface area (TPSA) is 98.3 Å². The molecule has 2 aliphatic heterocycles. The highest BCUT2D eigenvalue weighted by molar-refractivity contribution is 5.83.